The number of fused-ring (bicyclic) bond motifs is 1. The lowest BCUT2D eigenvalue weighted by Gasteiger charge is -2.37. The third-order valence-corrected chi connectivity index (χ3v) is 4.22. The van der Waals surface area contributed by atoms with Gasteiger partial charge in [-0.15, -0.1) is 0 Å². The second-order valence-electron chi connectivity index (χ2n) is 5.62. The summed E-state index contributed by atoms with van der Waals surface area (Å²) >= 11 is 0. The van der Waals surface area contributed by atoms with E-state index in [1.807, 2.05) is 12.1 Å². The zero-order valence-corrected chi connectivity index (χ0v) is 11.9. The number of aliphatic hydroxyl groups is 1. The maximum Gasteiger partial charge on any atom is 0.0681 e. The summed E-state index contributed by atoms with van der Waals surface area (Å²) in [7, 11) is 0. The molecule has 0 saturated carbocycles. The molecule has 0 aromatic heterocycles. The van der Waals surface area contributed by atoms with E-state index in [4.69, 9.17) is 5.11 Å². The van der Waals surface area contributed by atoms with E-state index in [1.165, 1.54) is 29.7 Å². The summed E-state index contributed by atoms with van der Waals surface area (Å²) in [5.74, 6) is 0. The molecule has 1 aliphatic rings. The van der Waals surface area contributed by atoms with Crippen molar-refractivity contribution < 1.29 is 5.11 Å². The second-order valence-corrected chi connectivity index (χ2v) is 5.62. The fraction of sp³-hybridized carbons (Fsp3) is 0.333. The number of anilines is 1. The first kappa shape index (κ1) is 13.2. The molecule has 1 N–H and O–H groups in total. The van der Waals surface area contributed by atoms with E-state index in [1.54, 1.807) is 0 Å². The highest BCUT2D eigenvalue weighted by atomic mass is 16.3. The predicted molar refractivity (Wildman–Crippen MR) is 82.8 cm³/mol. The Labute approximate surface area is 120 Å². The summed E-state index contributed by atoms with van der Waals surface area (Å²) in [5, 5.41) is 9.11. The Bertz CT molecular complexity index is 576. The fourth-order valence-corrected chi connectivity index (χ4v) is 2.95. The Balaban J connectivity index is 1.85. The molecule has 0 spiro atoms. The fourth-order valence-electron chi connectivity index (χ4n) is 2.95. The Morgan fingerprint density at radius 3 is 2.50 bits per heavy atom. The van der Waals surface area contributed by atoms with Gasteiger partial charge < -0.3 is 10.0 Å². The summed E-state index contributed by atoms with van der Waals surface area (Å²) < 4.78 is 0. The number of rotatable bonds is 3. The molecule has 3 rings (SSSR count). The smallest absolute Gasteiger partial charge is 0.0681 e. The molecule has 0 bridgehead atoms. The van der Waals surface area contributed by atoms with Gasteiger partial charge in [0.05, 0.1) is 6.61 Å². The van der Waals surface area contributed by atoms with Gasteiger partial charge >= 0.3 is 0 Å². The standard InChI is InChI=1S/C18H21NO/c1-14-6-11-17-4-2-3-5-18(17)19(14)12-15-7-9-16(13-20)10-8-15/h2-5,7-10,14,20H,6,11-13H2,1H3. The minimum atomic E-state index is 0.114. The first-order valence-corrected chi connectivity index (χ1v) is 7.31. The third-order valence-electron chi connectivity index (χ3n) is 4.22. The van der Waals surface area contributed by atoms with Crippen LogP contribution in [0.1, 0.15) is 30.0 Å². The van der Waals surface area contributed by atoms with Crippen LogP contribution in [0.25, 0.3) is 0 Å². The Morgan fingerprint density at radius 1 is 1.05 bits per heavy atom. The summed E-state index contributed by atoms with van der Waals surface area (Å²) in [6.45, 7) is 3.35. The average Bonchev–Trinajstić information content (AvgIpc) is 2.51. The number of hydrogen-bond acceptors (Lipinski definition) is 2. The van der Waals surface area contributed by atoms with E-state index in [0.717, 1.165) is 12.1 Å². The van der Waals surface area contributed by atoms with Gasteiger partial charge in [0.25, 0.3) is 0 Å². The Hall–Kier alpha value is -1.80. The summed E-state index contributed by atoms with van der Waals surface area (Å²) in [5.41, 5.74) is 5.10. The number of aliphatic hydroxyl groups excluding tert-OH is 1. The lowest BCUT2D eigenvalue weighted by atomic mass is 9.96. The van der Waals surface area contributed by atoms with Crippen molar-refractivity contribution in [1.82, 2.24) is 0 Å². The summed E-state index contributed by atoms with van der Waals surface area (Å²) in [6.07, 6.45) is 2.39. The van der Waals surface area contributed by atoms with Gasteiger partial charge in [-0.1, -0.05) is 42.5 Å². The van der Waals surface area contributed by atoms with Gasteiger partial charge in [0, 0.05) is 18.3 Å². The van der Waals surface area contributed by atoms with Crippen molar-refractivity contribution in [3.63, 3.8) is 0 Å². The summed E-state index contributed by atoms with van der Waals surface area (Å²) in [4.78, 5) is 2.49. The third kappa shape index (κ3) is 2.56. The van der Waals surface area contributed by atoms with Gasteiger partial charge in [-0.05, 0) is 42.5 Å². The van der Waals surface area contributed by atoms with Crippen LogP contribution in [0, 0.1) is 0 Å². The number of hydrogen-bond donors (Lipinski definition) is 1. The van der Waals surface area contributed by atoms with Crippen molar-refractivity contribution in [1.29, 1.82) is 0 Å². The first-order chi connectivity index (χ1) is 9.78. The molecule has 104 valence electrons. The normalized spacial score (nSPS) is 17.9. The van der Waals surface area contributed by atoms with Crippen molar-refractivity contribution in [3.05, 3.63) is 65.2 Å². The molecular weight excluding hydrogens is 246 g/mol. The Kier molecular flexibility index (Phi) is 3.75. The molecule has 2 aromatic rings. The lowest BCUT2D eigenvalue weighted by molar-refractivity contribution is 0.282. The maximum absolute atomic E-state index is 9.11. The van der Waals surface area contributed by atoms with Crippen LogP contribution in [-0.4, -0.2) is 11.1 Å². The zero-order valence-electron chi connectivity index (χ0n) is 11.9. The second kappa shape index (κ2) is 5.68. The first-order valence-electron chi connectivity index (χ1n) is 7.31. The van der Waals surface area contributed by atoms with Crippen LogP contribution in [0.4, 0.5) is 5.69 Å². The van der Waals surface area contributed by atoms with Gasteiger partial charge in [-0.2, -0.15) is 0 Å². The minimum absolute atomic E-state index is 0.114. The van der Waals surface area contributed by atoms with Crippen LogP contribution in [0.3, 0.4) is 0 Å². The van der Waals surface area contributed by atoms with Gasteiger partial charge in [-0.3, -0.25) is 0 Å². The van der Waals surface area contributed by atoms with E-state index in [0.29, 0.717) is 6.04 Å². The number of nitrogens with zero attached hydrogens (tertiary/aromatic N) is 1. The van der Waals surface area contributed by atoms with E-state index in [-0.39, 0.29) is 6.61 Å². The highest BCUT2D eigenvalue weighted by molar-refractivity contribution is 5.56. The van der Waals surface area contributed by atoms with Crippen molar-refractivity contribution in [2.75, 3.05) is 4.90 Å². The molecule has 0 saturated heterocycles. The lowest BCUT2D eigenvalue weighted by Crippen LogP contribution is -2.36. The number of para-hydroxylation sites is 1. The van der Waals surface area contributed by atoms with Gasteiger partial charge in [-0.25, -0.2) is 0 Å². The van der Waals surface area contributed by atoms with E-state index in [9.17, 15) is 0 Å². The quantitative estimate of drug-likeness (QED) is 0.919. The summed E-state index contributed by atoms with van der Waals surface area (Å²) in [6, 6.07) is 17.6. The molecule has 20 heavy (non-hydrogen) atoms. The van der Waals surface area contributed by atoms with Gasteiger partial charge in [0.2, 0.25) is 0 Å². The molecule has 0 fully saturated rings. The van der Waals surface area contributed by atoms with Crippen molar-refractivity contribution in [2.45, 2.75) is 39.0 Å². The average molecular weight is 267 g/mol. The van der Waals surface area contributed by atoms with Crippen LogP contribution < -0.4 is 4.90 Å². The van der Waals surface area contributed by atoms with Crippen LogP contribution >= 0.6 is 0 Å². The molecular formula is C18H21NO. The zero-order chi connectivity index (χ0) is 13.9. The van der Waals surface area contributed by atoms with Crippen LogP contribution in [0.5, 0.6) is 0 Å². The molecule has 1 aliphatic heterocycles. The monoisotopic (exact) mass is 267 g/mol. The molecule has 1 heterocycles. The van der Waals surface area contributed by atoms with Gasteiger partial charge in [0.15, 0.2) is 0 Å². The SMILES string of the molecule is CC1CCc2ccccc2N1Cc1ccc(CO)cc1. The van der Waals surface area contributed by atoms with E-state index < -0.39 is 0 Å². The highest BCUT2D eigenvalue weighted by Crippen LogP contribution is 2.31. The van der Waals surface area contributed by atoms with Crippen molar-refractivity contribution in [2.24, 2.45) is 0 Å². The number of aryl methyl sites for hydroxylation is 1. The van der Waals surface area contributed by atoms with Crippen LogP contribution in [0.15, 0.2) is 48.5 Å². The van der Waals surface area contributed by atoms with Crippen LogP contribution in [-0.2, 0) is 19.6 Å². The number of benzene rings is 2. The predicted octanol–water partition coefficient (Wildman–Crippen LogP) is 3.52. The Morgan fingerprint density at radius 2 is 1.75 bits per heavy atom. The highest BCUT2D eigenvalue weighted by Gasteiger charge is 2.22. The van der Waals surface area contributed by atoms with Crippen LogP contribution in [0.2, 0.25) is 0 Å². The largest absolute Gasteiger partial charge is 0.392 e. The molecule has 0 amide bonds. The van der Waals surface area contributed by atoms with E-state index in [2.05, 4.69) is 48.2 Å². The molecule has 1 unspecified atom stereocenters. The molecule has 2 heteroatoms. The van der Waals surface area contributed by atoms with Gasteiger partial charge in [0.1, 0.15) is 0 Å². The molecule has 0 aliphatic carbocycles. The van der Waals surface area contributed by atoms with Crippen molar-refractivity contribution >= 4 is 5.69 Å². The molecule has 1 atom stereocenters. The minimum Gasteiger partial charge on any atom is -0.392 e. The van der Waals surface area contributed by atoms with Crippen molar-refractivity contribution in [3.8, 4) is 0 Å². The topological polar surface area (TPSA) is 23.5 Å². The maximum atomic E-state index is 9.11. The molecule has 2 aromatic carbocycles. The molecule has 2 nitrogen and oxygen atoms in total. The van der Waals surface area contributed by atoms with E-state index >= 15 is 0 Å². The molecule has 0 radical (unpaired) electrons.